The molecule has 0 unspecified atom stereocenters. The van der Waals surface area contributed by atoms with Crippen molar-refractivity contribution in [2.45, 2.75) is 64.6 Å². The van der Waals surface area contributed by atoms with Crippen LogP contribution in [0.5, 0.6) is 0 Å². The fourth-order valence-corrected chi connectivity index (χ4v) is 2.87. The summed E-state index contributed by atoms with van der Waals surface area (Å²) in [6.45, 7) is 6.08. The van der Waals surface area contributed by atoms with E-state index >= 15 is 0 Å². The molecule has 5 nitrogen and oxygen atoms in total. The predicted molar refractivity (Wildman–Crippen MR) is 90.3 cm³/mol. The SMILES string of the molecule is CC(C)(C)OC(=O)N(Cc1ccc(B(O)O)cc1)C1CCCC1. The van der Waals surface area contributed by atoms with Gasteiger partial charge in [0.2, 0.25) is 0 Å². The van der Waals surface area contributed by atoms with Crippen LogP contribution in [0, 0.1) is 0 Å². The summed E-state index contributed by atoms with van der Waals surface area (Å²) >= 11 is 0. The summed E-state index contributed by atoms with van der Waals surface area (Å²) in [5.41, 5.74) is 0.879. The minimum absolute atomic E-state index is 0.216. The Morgan fingerprint density at radius 3 is 2.26 bits per heavy atom. The molecule has 1 saturated carbocycles. The molecule has 126 valence electrons. The van der Waals surface area contributed by atoms with Gasteiger partial charge in [-0.1, -0.05) is 37.1 Å². The quantitative estimate of drug-likeness (QED) is 0.833. The highest BCUT2D eigenvalue weighted by atomic mass is 16.6. The van der Waals surface area contributed by atoms with Gasteiger partial charge in [-0.3, -0.25) is 0 Å². The van der Waals surface area contributed by atoms with Gasteiger partial charge in [0.15, 0.2) is 0 Å². The Balaban J connectivity index is 2.12. The molecule has 23 heavy (non-hydrogen) atoms. The van der Waals surface area contributed by atoms with Crippen molar-refractivity contribution in [2.24, 2.45) is 0 Å². The zero-order valence-corrected chi connectivity index (χ0v) is 14.2. The van der Waals surface area contributed by atoms with E-state index in [2.05, 4.69) is 0 Å². The molecule has 0 bridgehead atoms. The van der Waals surface area contributed by atoms with Crippen LogP contribution in [0.4, 0.5) is 4.79 Å². The predicted octanol–water partition coefficient (Wildman–Crippen LogP) is 2.05. The van der Waals surface area contributed by atoms with Crippen LogP contribution < -0.4 is 5.46 Å². The summed E-state index contributed by atoms with van der Waals surface area (Å²) < 4.78 is 5.55. The van der Waals surface area contributed by atoms with Gasteiger partial charge in [-0.05, 0) is 44.6 Å². The summed E-state index contributed by atoms with van der Waals surface area (Å²) in [6.07, 6.45) is 4.01. The maximum Gasteiger partial charge on any atom is 0.488 e. The number of hydrogen-bond donors (Lipinski definition) is 2. The molecule has 0 aromatic heterocycles. The Bertz CT molecular complexity index is 518. The van der Waals surface area contributed by atoms with Crippen molar-refractivity contribution in [3.8, 4) is 0 Å². The van der Waals surface area contributed by atoms with E-state index in [1.807, 2.05) is 37.8 Å². The van der Waals surface area contributed by atoms with Crippen LogP contribution in [-0.2, 0) is 11.3 Å². The molecule has 0 spiro atoms. The largest absolute Gasteiger partial charge is 0.488 e. The van der Waals surface area contributed by atoms with E-state index in [0.717, 1.165) is 31.2 Å². The smallest absolute Gasteiger partial charge is 0.444 e. The lowest BCUT2D eigenvalue weighted by atomic mass is 9.80. The highest BCUT2D eigenvalue weighted by Gasteiger charge is 2.30. The third kappa shape index (κ3) is 5.25. The van der Waals surface area contributed by atoms with Crippen molar-refractivity contribution in [1.82, 2.24) is 4.90 Å². The molecule has 6 heteroatoms. The van der Waals surface area contributed by atoms with E-state index in [4.69, 9.17) is 14.8 Å². The number of carbonyl (C=O) groups is 1. The number of nitrogens with zero attached hydrogens (tertiary/aromatic N) is 1. The zero-order chi connectivity index (χ0) is 17.0. The van der Waals surface area contributed by atoms with Crippen molar-refractivity contribution < 1.29 is 19.6 Å². The molecular formula is C17H26BNO4. The molecule has 1 amide bonds. The minimum atomic E-state index is -1.47. The molecule has 0 heterocycles. The Labute approximate surface area is 138 Å². The molecule has 2 rings (SSSR count). The zero-order valence-electron chi connectivity index (χ0n) is 14.2. The Morgan fingerprint density at radius 1 is 1.22 bits per heavy atom. The molecule has 1 aromatic carbocycles. The molecule has 0 radical (unpaired) electrons. The number of amides is 1. The standard InChI is InChI=1S/C17H26BNO4/c1-17(2,3)23-16(20)19(15-6-4-5-7-15)12-13-8-10-14(11-9-13)18(21)22/h8-11,15,21-22H,4-7,12H2,1-3H3. The number of benzene rings is 1. The van der Waals surface area contributed by atoms with Crippen molar-refractivity contribution in [3.63, 3.8) is 0 Å². The first-order chi connectivity index (χ1) is 10.8. The van der Waals surface area contributed by atoms with Crippen LogP contribution in [0.3, 0.4) is 0 Å². The molecule has 0 atom stereocenters. The van der Waals surface area contributed by atoms with E-state index in [0.29, 0.717) is 12.0 Å². The first kappa shape index (κ1) is 17.8. The van der Waals surface area contributed by atoms with Gasteiger partial charge in [0.25, 0.3) is 0 Å². The lowest BCUT2D eigenvalue weighted by Crippen LogP contribution is -2.42. The van der Waals surface area contributed by atoms with Crippen LogP contribution in [-0.4, -0.2) is 39.8 Å². The number of carbonyl (C=O) groups excluding carboxylic acids is 1. The Morgan fingerprint density at radius 2 is 1.78 bits per heavy atom. The fraction of sp³-hybridized carbons (Fsp3) is 0.588. The van der Waals surface area contributed by atoms with E-state index < -0.39 is 12.7 Å². The maximum absolute atomic E-state index is 12.5. The Hall–Kier alpha value is -1.53. The van der Waals surface area contributed by atoms with Gasteiger partial charge in [0.1, 0.15) is 5.60 Å². The Kier molecular flexibility index (Phi) is 5.71. The molecule has 1 aliphatic carbocycles. The second-order valence-corrected chi connectivity index (χ2v) is 7.16. The van der Waals surface area contributed by atoms with Gasteiger partial charge >= 0.3 is 13.2 Å². The van der Waals surface area contributed by atoms with E-state index in [1.165, 1.54) is 0 Å². The first-order valence-electron chi connectivity index (χ1n) is 8.21. The van der Waals surface area contributed by atoms with Crippen LogP contribution in [0.15, 0.2) is 24.3 Å². The van der Waals surface area contributed by atoms with Crippen LogP contribution in [0.25, 0.3) is 0 Å². The number of ether oxygens (including phenoxy) is 1. The minimum Gasteiger partial charge on any atom is -0.444 e. The van der Waals surface area contributed by atoms with Crippen molar-refractivity contribution in [3.05, 3.63) is 29.8 Å². The molecule has 1 aliphatic rings. The van der Waals surface area contributed by atoms with E-state index in [1.54, 1.807) is 12.1 Å². The van der Waals surface area contributed by atoms with Crippen molar-refractivity contribution in [2.75, 3.05) is 0 Å². The van der Waals surface area contributed by atoms with Crippen molar-refractivity contribution in [1.29, 1.82) is 0 Å². The van der Waals surface area contributed by atoms with Gasteiger partial charge in [0.05, 0.1) is 0 Å². The first-order valence-corrected chi connectivity index (χ1v) is 8.21. The highest BCUT2D eigenvalue weighted by Crippen LogP contribution is 2.26. The fourth-order valence-electron chi connectivity index (χ4n) is 2.87. The summed E-state index contributed by atoms with van der Waals surface area (Å²) in [5.74, 6) is 0. The number of rotatable bonds is 4. The highest BCUT2D eigenvalue weighted by molar-refractivity contribution is 6.58. The monoisotopic (exact) mass is 319 g/mol. The average molecular weight is 319 g/mol. The van der Waals surface area contributed by atoms with E-state index in [-0.39, 0.29) is 12.1 Å². The summed E-state index contributed by atoms with van der Waals surface area (Å²) in [4.78, 5) is 14.4. The molecule has 2 N–H and O–H groups in total. The van der Waals surface area contributed by atoms with Gasteiger partial charge in [-0.25, -0.2) is 4.79 Å². The van der Waals surface area contributed by atoms with Gasteiger partial charge in [0, 0.05) is 12.6 Å². The third-order valence-corrected chi connectivity index (χ3v) is 4.02. The molecule has 0 saturated heterocycles. The average Bonchev–Trinajstić information content (AvgIpc) is 2.97. The molecule has 1 fully saturated rings. The van der Waals surface area contributed by atoms with E-state index in [9.17, 15) is 4.79 Å². The number of hydrogen-bond acceptors (Lipinski definition) is 4. The summed E-state index contributed by atoms with van der Waals surface area (Å²) in [6, 6.07) is 7.19. The normalized spacial score (nSPS) is 15.5. The molecular weight excluding hydrogens is 293 g/mol. The third-order valence-electron chi connectivity index (χ3n) is 4.02. The van der Waals surface area contributed by atoms with Gasteiger partial charge in [-0.15, -0.1) is 0 Å². The summed E-state index contributed by atoms with van der Waals surface area (Å²) in [5, 5.41) is 18.3. The van der Waals surface area contributed by atoms with Crippen molar-refractivity contribution >= 4 is 18.7 Å². The summed E-state index contributed by atoms with van der Waals surface area (Å²) in [7, 11) is -1.47. The van der Waals surface area contributed by atoms with Crippen LogP contribution >= 0.6 is 0 Å². The van der Waals surface area contributed by atoms with Crippen LogP contribution in [0.2, 0.25) is 0 Å². The second-order valence-electron chi connectivity index (χ2n) is 7.16. The lowest BCUT2D eigenvalue weighted by molar-refractivity contribution is 0.0145. The second kappa shape index (κ2) is 7.36. The van der Waals surface area contributed by atoms with Crippen LogP contribution in [0.1, 0.15) is 52.0 Å². The molecule has 1 aromatic rings. The lowest BCUT2D eigenvalue weighted by Gasteiger charge is -2.31. The van der Waals surface area contributed by atoms with Gasteiger partial charge in [-0.2, -0.15) is 0 Å². The topological polar surface area (TPSA) is 70.0 Å². The molecule has 0 aliphatic heterocycles. The van der Waals surface area contributed by atoms with Gasteiger partial charge < -0.3 is 19.7 Å². The maximum atomic E-state index is 12.5.